The van der Waals surface area contributed by atoms with Gasteiger partial charge in [0.25, 0.3) is 5.56 Å². The fourth-order valence-corrected chi connectivity index (χ4v) is 4.16. The van der Waals surface area contributed by atoms with Gasteiger partial charge in [0.2, 0.25) is 4.96 Å². The van der Waals surface area contributed by atoms with Gasteiger partial charge in [0.05, 0.1) is 5.69 Å². The van der Waals surface area contributed by atoms with Crippen LogP contribution in [0.25, 0.3) is 4.96 Å². The second kappa shape index (κ2) is 6.98. The van der Waals surface area contributed by atoms with Gasteiger partial charge >= 0.3 is 0 Å². The first-order valence-electron chi connectivity index (χ1n) is 6.97. The third kappa shape index (κ3) is 3.57. The van der Waals surface area contributed by atoms with Crippen molar-refractivity contribution in [3.8, 4) is 0 Å². The third-order valence-corrected chi connectivity index (χ3v) is 5.60. The molecule has 3 rings (SSSR count). The Kier molecular flexibility index (Phi) is 4.99. The van der Waals surface area contributed by atoms with Gasteiger partial charge in [0.1, 0.15) is 10.8 Å². The molecule has 1 aromatic carbocycles. The normalized spacial score (nSPS) is 11.3. The van der Waals surface area contributed by atoms with E-state index in [9.17, 15) is 9.18 Å². The minimum Gasteiger partial charge on any atom is -0.267 e. The van der Waals surface area contributed by atoms with Crippen molar-refractivity contribution >= 4 is 39.7 Å². The molecule has 0 N–H and O–H groups in total. The summed E-state index contributed by atoms with van der Waals surface area (Å²) in [6.45, 7) is 1.98. The van der Waals surface area contributed by atoms with E-state index in [-0.39, 0.29) is 11.4 Å². The van der Waals surface area contributed by atoms with E-state index in [1.807, 2.05) is 6.92 Å². The van der Waals surface area contributed by atoms with E-state index < -0.39 is 0 Å². The van der Waals surface area contributed by atoms with Gasteiger partial charge in [-0.2, -0.15) is 21.4 Å². The second-order valence-electron chi connectivity index (χ2n) is 4.82. The molecule has 0 saturated heterocycles. The van der Waals surface area contributed by atoms with Crippen LogP contribution in [0.15, 0.2) is 29.1 Å². The van der Waals surface area contributed by atoms with E-state index in [0.29, 0.717) is 32.7 Å². The predicted octanol–water partition coefficient (Wildman–Crippen LogP) is 3.94. The summed E-state index contributed by atoms with van der Waals surface area (Å²) in [7, 11) is 0. The molecule has 2 aromatic heterocycles. The molecule has 0 atom stereocenters. The highest BCUT2D eigenvalue weighted by molar-refractivity contribution is 7.97. The van der Waals surface area contributed by atoms with Crippen molar-refractivity contribution in [1.82, 2.24) is 14.6 Å². The second-order valence-corrected chi connectivity index (χ2v) is 7.26. The number of nitrogens with zero attached hydrogens (tertiary/aromatic N) is 3. The summed E-state index contributed by atoms with van der Waals surface area (Å²) in [5.41, 5.74) is 0.951. The molecule has 0 amide bonds. The number of aryl methyl sites for hydroxylation is 1. The summed E-state index contributed by atoms with van der Waals surface area (Å²) >= 11 is 8.88. The minimum atomic E-state index is -0.316. The van der Waals surface area contributed by atoms with Crippen LogP contribution in [0, 0.1) is 5.82 Å². The van der Waals surface area contributed by atoms with E-state index in [0.717, 1.165) is 11.4 Å². The lowest BCUT2D eigenvalue weighted by Gasteiger charge is -2.05. The lowest BCUT2D eigenvalue weighted by Crippen LogP contribution is -2.15. The van der Waals surface area contributed by atoms with Crippen molar-refractivity contribution < 1.29 is 4.39 Å². The Morgan fingerprint density at radius 1 is 1.39 bits per heavy atom. The van der Waals surface area contributed by atoms with E-state index in [1.165, 1.54) is 39.7 Å². The maximum atomic E-state index is 13.7. The van der Waals surface area contributed by atoms with Crippen molar-refractivity contribution in [2.75, 3.05) is 0 Å². The SMILES string of the molecule is CCc1nn2c(=O)cc(CSCc3c(F)cccc3Cl)nc2s1. The molecule has 0 aliphatic heterocycles. The van der Waals surface area contributed by atoms with Crippen molar-refractivity contribution in [2.45, 2.75) is 24.9 Å². The number of hydrogen-bond acceptors (Lipinski definition) is 5. The number of fused-ring (bicyclic) bond motifs is 1. The molecular formula is C15H13ClFN3OS2. The Labute approximate surface area is 145 Å². The maximum Gasteiger partial charge on any atom is 0.275 e. The van der Waals surface area contributed by atoms with Gasteiger partial charge in [0.15, 0.2) is 0 Å². The van der Waals surface area contributed by atoms with E-state index in [2.05, 4.69) is 10.1 Å². The average Bonchev–Trinajstić information content (AvgIpc) is 2.94. The van der Waals surface area contributed by atoms with Crippen LogP contribution in [0.5, 0.6) is 0 Å². The number of benzene rings is 1. The zero-order chi connectivity index (χ0) is 16.4. The molecule has 0 unspecified atom stereocenters. The topological polar surface area (TPSA) is 47.3 Å². The molecule has 8 heteroatoms. The summed E-state index contributed by atoms with van der Waals surface area (Å²) < 4.78 is 15.0. The highest BCUT2D eigenvalue weighted by Gasteiger charge is 2.10. The molecule has 0 spiro atoms. The largest absolute Gasteiger partial charge is 0.275 e. The van der Waals surface area contributed by atoms with Crippen LogP contribution in [0.2, 0.25) is 5.02 Å². The Hall–Kier alpha value is -1.44. The molecule has 0 saturated carbocycles. The van der Waals surface area contributed by atoms with E-state index in [4.69, 9.17) is 11.6 Å². The van der Waals surface area contributed by atoms with Crippen LogP contribution in [-0.2, 0) is 17.9 Å². The predicted molar refractivity (Wildman–Crippen MR) is 92.9 cm³/mol. The Balaban J connectivity index is 1.76. The first-order chi connectivity index (χ1) is 11.1. The molecule has 3 aromatic rings. The number of hydrogen-bond donors (Lipinski definition) is 0. The summed E-state index contributed by atoms with van der Waals surface area (Å²) in [4.78, 5) is 17.1. The first kappa shape index (κ1) is 16.4. The van der Waals surface area contributed by atoms with Crippen LogP contribution in [0.4, 0.5) is 4.39 Å². The summed E-state index contributed by atoms with van der Waals surface area (Å²) in [6.07, 6.45) is 0.767. The van der Waals surface area contributed by atoms with Crippen LogP contribution < -0.4 is 5.56 Å². The van der Waals surface area contributed by atoms with Gasteiger partial charge in [-0.3, -0.25) is 4.79 Å². The van der Waals surface area contributed by atoms with Gasteiger partial charge in [-0.1, -0.05) is 35.9 Å². The van der Waals surface area contributed by atoms with Gasteiger partial charge in [0, 0.05) is 28.2 Å². The maximum absolute atomic E-state index is 13.7. The zero-order valence-electron chi connectivity index (χ0n) is 12.3. The molecule has 0 bridgehead atoms. The number of halogens is 2. The quantitative estimate of drug-likeness (QED) is 0.683. The molecule has 4 nitrogen and oxygen atoms in total. The van der Waals surface area contributed by atoms with Crippen LogP contribution in [0.1, 0.15) is 23.2 Å². The van der Waals surface area contributed by atoms with Crippen LogP contribution in [0.3, 0.4) is 0 Å². The van der Waals surface area contributed by atoms with Crippen LogP contribution in [-0.4, -0.2) is 14.6 Å². The van der Waals surface area contributed by atoms with Gasteiger partial charge < -0.3 is 0 Å². The first-order valence-corrected chi connectivity index (χ1v) is 9.32. The Bertz CT molecular complexity index is 889. The Morgan fingerprint density at radius 2 is 2.22 bits per heavy atom. The van der Waals surface area contributed by atoms with Crippen molar-refractivity contribution in [3.05, 3.63) is 61.7 Å². The smallest absolute Gasteiger partial charge is 0.267 e. The van der Waals surface area contributed by atoms with Gasteiger partial charge in [-0.25, -0.2) is 9.37 Å². The van der Waals surface area contributed by atoms with E-state index in [1.54, 1.807) is 12.1 Å². The molecule has 0 aliphatic rings. The molecule has 0 radical (unpaired) electrons. The van der Waals surface area contributed by atoms with Gasteiger partial charge in [-0.05, 0) is 18.6 Å². The molecule has 120 valence electrons. The highest BCUT2D eigenvalue weighted by Crippen LogP contribution is 2.25. The fourth-order valence-electron chi connectivity index (χ4n) is 2.04. The third-order valence-electron chi connectivity index (χ3n) is 3.20. The lowest BCUT2D eigenvalue weighted by atomic mass is 10.2. The van der Waals surface area contributed by atoms with Crippen molar-refractivity contribution in [3.63, 3.8) is 0 Å². The number of thioether (sulfide) groups is 1. The fraction of sp³-hybridized carbons (Fsp3) is 0.267. The van der Waals surface area contributed by atoms with Crippen molar-refractivity contribution in [1.29, 1.82) is 0 Å². The molecule has 0 fully saturated rings. The monoisotopic (exact) mass is 369 g/mol. The minimum absolute atomic E-state index is 0.189. The van der Waals surface area contributed by atoms with Crippen molar-refractivity contribution in [2.24, 2.45) is 0 Å². The highest BCUT2D eigenvalue weighted by atomic mass is 35.5. The summed E-state index contributed by atoms with van der Waals surface area (Å²) in [5.74, 6) is 0.620. The molecule has 23 heavy (non-hydrogen) atoms. The molecule has 0 aliphatic carbocycles. The zero-order valence-corrected chi connectivity index (χ0v) is 14.6. The molecular weight excluding hydrogens is 357 g/mol. The van der Waals surface area contributed by atoms with Crippen LogP contribution >= 0.6 is 34.7 Å². The summed E-state index contributed by atoms with van der Waals surface area (Å²) in [6, 6.07) is 6.11. The molecule has 2 heterocycles. The van der Waals surface area contributed by atoms with Gasteiger partial charge in [-0.15, -0.1) is 0 Å². The summed E-state index contributed by atoms with van der Waals surface area (Å²) in [5, 5.41) is 5.49. The number of rotatable bonds is 5. The lowest BCUT2D eigenvalue weighted by molar-refractivity contribution is 0.617. The number of aromatic nitrogens is 3. The standard InChI is InChI=1S/C15H13ClFN3OS2/c1-2-13-19-20-14(21)6-9(18-15(20)23-13)7-22-8-10-11(16)4-3-5-12(10)17/h3-6H,2,7-8H2,1H3. The van der Waals surface area contributed by atoms with E-state index >= 15 is 0 Å². The Morgan fingerprint density at radius 3 is 2.96 bits per heavy atom. The average molecular weight is 370 g/mol.